The molecule has 2 aromatic rings. The lowest BCUT2D eigenvalue weighted by molar-refractivity contribution is -0.152. The quantitative estimate of drug-likeness (QED) is 0.468. The van der Waals surface area contributed by atoms with Crippen LogP contribution in [0.4, 0.5) is 5.69 Å². The van der Waals surface area contributed by atoms with Gasteiger partial charge in [-0.15, -0.1) is 0 Å². The third-order valence-corrected chi connectivity index (χ3v) is 4.49. The molecule has 2 N–H and O–H groups in total. The summed E-state index contributed by atoms with van der Waals surface area (Å²) < 4.78 is 11.0. The predicted molar refractivity (Wildman–Crippen MR) is 109 cm³/mol. The van der Waals surface area contributed by atoms with Crippen LogP contribution in [0.5, 0.6) is 5.75 Å². The molecule has 2 rings (SSSR count). The fraction of sp³-hybridized carbons (Fsp3) is 0.211. The van der Waals surface area contributed by atoms with Crippen LogP contribution in [0.2, 0.25) is 0 Å². The lowest BCUT2D eigenvalue weighted by atomic mass is 10.2. The van der Waals surface area contributed by atoms with Crippen LogP contribution in [0.1, 0.15) is 17.3 Å². The van der Waals surface area contributed by atoms with Gasteiger partial charge in [0.05, 0.1) is 18.4 Å². The molecule has 0 spiro atoms. The first-order chi connectivity index (χ1) is 12.9. The molecule has 2 amide bonds. The Morgan fingerprint density at radius 2 is 1.74 bits per heavy atom. The molecule has 0 aliphatic heterocycles. The van der Waals surface area contributed by atoms with E-state index in [1.165, 1.54) is 14.0 Å². The van der Waals surface area contributed by atoms with Crippen molar-refractivity contribution in [2.45, 2.75) is 13.0 Å². The van der Waals surface area contributed by atoms with E-state index in [1.807, 2.05) is 28.7 Å². The standard InChI is InChI=1S/C19H19IN2O5/c1-12(18(24)22-15-9-5-6-10-16(15)26-2)27-17(23)11-21-19(25)13-7-3-4-8-14(13)20/h3-10,12H,11H2,1-2H3,(H,21,25)(H,22,24). The van der Waals surface area contributed by atoms with Crippen molar-refractivity contribution in [2.75, 3.05) is 19.0 Å². The van der Waals surface area contributed by atoms with Crippen molar-refractivity contribution < 1.29 is 23.9 Å². The highest BCUT2D eigenvalue weighted by atomic mass is 127. The van der Waals surface area contributed by atoms with E-state index < -0.39 is 18.0 Å². The second-order valence-electron chi connectivity index (χ2n) is 5.48. The van der Waals surface area contributed by atoms with E-state index in [1.54, 1.807) is 42.5 Å². The van der Waals surface area contributed by atoms with E-state index >= 15 is 0 Å². The van der Waals surface area contributed by atoms with Gasteiger partial charge in [-0.2, -0.15) is 0 Å². The van der Waals surface area contributed by atoms with E-state index in [2.05, 4.69) is 10.6 Å². The summed E-state index contributed by atoms with van der Waals surface area (Å²) in [6.07, 6.45) is -1.03. The molecule has 0 heterocycles. The van der Waals surface area contributed by atoms with Gasteiger partial charge in [0.1, 0.15) is 12.3 Å². The minimum atomic E-state index is -1.03. The number of benzene rings is 2. The Kier molecular flexibility index (Phi) is 7.59. The fourth-order valence-electron chi connectivity index (χ4n) is 2.17. The first kappa shape index (κ1) is 20.7. The Morgan fingerprint density at radius 1 is 1.07 bits per heavy atom. The Labute approximate surface area is 170 Å². The van der Waals surface area contributed by atoms with Crippen LogP contribution in [0.15, 0.2) is 48.5 Å². The summed E-state index contributed by atoms with van der Waals surface area (Å²) in [5.74, 6) is -1.11. The van der Waals surface area contributed by atoms with Gasteiger partial charge < -0.3 is 20.1 Å². The van der Waals surface area contributed by atoms with Gasteiger partial charge in [0, 0.05) is 3.57 Å². The summed E-state index contributed by atoms with van der Waals surface area (Å²) in [6.45, 7) is 1.11. The number of halogens is 1. The number of rotatable bonds is 7. The summed E-state index contributed by atoms with van der Waals surface area (Å²) in [5.41, 5.74) is 0.938. The zero-order chi connectivity index (χ0) is 19.8. The molecule has 2 aromatic carbocycles. The normalized spacial score (nSPS) is 11.2. The largest absolute Gasteiger partial charge is 0.495 e. The van der Waals surface area contributed by atoms with Crippen LogP contribution in [-0.4, -0.2) is 37.5 Å². The van der Waals surface area contributed by atoms with Crippen LogP contribution < -0.4 is 15.4 Å². The predicted octanol–water partition coefficient (Wildman–Crippen LogP) is 2.60. The zero-order valence-electron chi connectivity index (χ0n) is 14.8. The first-order valence-electron chi connectivity index (χ1n) is 8.08. The Morgan fingerprint density at radius 3 is 2.44 bits per heavy atom. The molecule has 8 heteroatoms. The number of hydrogen-bond acceptors (Lipinski definition) is 5. The highest BCUT2D eigenvalue weighted by Crippen LogP contribution is 2.23. The molecule has 0 aromatic heterocycles. The number of carbonyl (C=O) groups excluding carboxylic acids is 3. The highest BCUT2D eigenvalue weighted by Gasteiger charge is 2.20. The van der Waals surface area contributed by atoms with Gasteiger partial charge in [0.15, 0.2) is 6.10 Å². The van der Waals surface area contributed by atoms with Crippen LogP contribution >= 0.6 is 22.6 Å². The number of esters is 1. The van der Waals surface area contributed by atoms with Crippen LogP contribution in [-0.2, 0) is 14.3 Å². The Bertz CT molecular complexity index is 840. The summed E-state index contributed by atoms with van der Waals surface area (Å²) >= 11 is 2.04. The maximum absolute atomic E-state index is 12.2. The lowest BCUT2D eigenvalue weighted by Crippen LogP contribution is -2.36. The Hall–Kier alpha value is -2.62. The van der Waals surface area contributed by atoms with Gasteiger partial charge in [-0.1, -0.05) is 24.3 Å². The van der Waals surface area contributed by atoms with Crippen molar-refractivity contribution in [3.05, 3.63) is 57.7 Å². The van der Waals surface area contributed by atoms with Crippen molar-refractivity contribution in [1.82, 2.24) is 5.32 Å². The first-order valence-corrected chi connectivity index (χ1v) is 9.16. The van der Waals surface area contributed by atoms with Crippen molar-refractivity contribution in [2.24, 2.45) is 0 Å². The SMILES string of the molecule is COc1ccccc1NC(=O)C(C)OC(=O)CNC(=O)c1ccccc1I. The van der Waals surface area contributed by atoms with E-state index in [0.717, 1.165) is 3.57 Å². The van der Waals surface area contributed by atoms with Gasteiger partial charge in [0.2, 0.25) is 0 Å². The average molecular weight is 482 g/mol. The number of methoxy groups -OCH3 is 1. The van der Waals surface area contributed by atoms with Crippen LogP contribution in [0, 0.1) is 3.57 Å². The molecule has 0 saturated carbocycles. The van der Waals surface area contributed by atoms with E-state index in [4.69, 9.17) is 9.47 Å². The monoisotopic (exact) mass is 482 g/mol. The van der Waals surface area contributed by atoms with Gasteiger partial charge in [0.25, 0.3) is 11.8 Å². The molecule has 0 aliphatic carbocycles. The third-order valence-electron chi connectivity index (χ3n) is 3.55. The summed E-state index contributed by atoms with van der Waals surface area (Å²) in [6, 6.07) is 13.9. The number of para-hydroxylation sites is 2. The van der Waals surface area contributed by atoms with Crippen molar-refractivity contribution in [3.8, 4) is 5.75 Å². The summed E-state index contributed by atoms with van der Waals surface area (Å²) in [5, 5.41) is 5.12. The van der Waals surface area contributed by atoms with E-state index in [9.17, 15) is 14.4 Å². The second kappa shape index (κ2) is 9.91. The van der Waals surface area contributed by atoms with Gasteiger partial charge >= 0.3 is 5.97 Å². The van der Waals surface area contributed by atoms with Crippen LogP contribution in [0.25, 0.3) is 0 Å². The lowest BCUT2D eigenvalue weighted by Gasteiger charge is -2.15. The number of carbonyl (C=O) groups is 3. The molecular weight excluding hydrogens is 463 g/mol. The average Bonchev–Trinajstić information content (AvgIpc) is 2.66. The number of anilines is 1. The van der Waals surface area contributed by atoms with Crippen molar-refractivity contribution in [1.29, 1.82) is 0 Å². The summed E-state index contributed by atoms with van der Waals surface area (Å²) in [7, 11) is 1.49. The number of amides is 2. The maximum atomic E-state index is 12.2. The fourth-order valence-corrected chi connectivity index (χ4v) is 2.80. The van der Waals surface area contributed by atoms with Gasteiger partial charge in [-0.25, -0.2) is 0 Å². The zero-order valence-corrected chi connectivity index (χ0v) is 17.0. The van der Waals surface area contributed by atoms with Crippen molar-refractivity contribution in [3.63, 3.8) is 0 Å². The molecule has 0 saturated heterocycles. The van der Waals surface area contributed by atoms with E-state index in [0.29, 0.717) is 17.0 Å². The highest BCUT2D eigenvalue weighted by molar-refractivity contribution is 14.1. The molecule has 142 valence electrons. The molecule has 1 atom stereocenters. The minimum absolute atomic E-state index is 0.337. The number of hydrogen-bond donors (Lipinski definition) is 2. The third kappa shape index (κ3) is 5.95. The second-order valence-corrected chi connectivity index (χ2v) is 6.65. The smallest absolute Gasteiger partial charge is 0.326 e. The molecule has 0 fully saturated rings. The molecule has 7 nitrogen and oxygen atoms in total. The topological polar surface area (TPSA) is 93.7 Å². The van der Waals surface area contributed by atoms with Gasteiger partial charge in [-0.05, 0) is 53.8 Å². The Balaban J connectivity index is 1.85. The minimum Gasteiger partial charge on any atom is -0.495 e. The number of ether oxygens (including phenoxy) is 2. The van der Waals surface area contributed by atoms with E-state index in [-0.39, 0.29) is 12.5 Å². The maximum Gasteiger partial charge on any atom is 0.326 e. The van der Waals surface area contributed by atoms with Gasteiger partial charge in [-0.3, -0.25) is 14.4 Å². The number of nitrogens with one attached hydrogen (secondary N) is 2. The van der Waals surface area contributed by atoms with Crippen LogP contribution in [0.3, 0.4) is 0 Å². The van der Waals surface area contributed by atoms with Crippen molar-refractivity contribution >= 4 is 46.1 Å². The molecule has 0 bridgehead atoms. The molecule has 27 heavy (non-hydrogen) atoms. The molecule has 0 aliphatic rings. The molecule has 0 radical (unpaired) electrons. The molecular formula is C19H19IN2O5. The summed E-state index contributed by atoms with van der Waals surface area (Å²) in [4.78, 5) is 36.2. The molecule has 1 unspecified atom stereocenters.